The first-order chi connectivity index (χ1) is 13.5. The quantitative estimate of drug-likeness (QED) is 0.496. The van der Waals surface area contributed by atoms with Gasteiger partial charge in [-0.15, -0.1) is 0 Å². The molecular formula is C24H29F3O. The first-order valence-electron chi connectivity index (χ1n) is 10.4. The van der Waals surface area contributed by atoms with Crippen molar-refractivity contribution in [1.29, 1.82) is 0 Å². The fourth-order valence-corrected chi connectivity index (χ4v) is 4.12. The van der Waals surface area contributed by atoms with Gasteiger partial charge in [-0.2, -0.15) is 4.39 Å². The highest BCUT2D eigenvalue weighted by molar-refractivity contribution is 5.31. The van der Waals surface area contributed by atoms with E-state index in [2.05, 4.69) is 0 Å². The first kappa shape index (κ1) is 20.8. The van der Waals surface area contributed by atoms with E-state index in [-0.39, 0.29) is 23.4 Å². The molecule has 0 saturated heterocycles. The maximum atomic E-state index is 14.4. The number of rotatable bonds is 7. The molecule has 28 heavy (non-hydrogen) atoms. The molecule has 0 radical (unpaired) electrons. The molecule has 0 aliphatic heterocycles. The van der Waals surface area contributed by atoms with Crippen molar-refractivity contribution in [3.8, 4) is 5.75 Å². The van der Waals surface area contributed by atoms with Crippen molar-refractivity contribution in [3.05, 3.63) is 64.5 Å². The van der Waals surface area contributed by atoms with Crippen LogP contribution in [-0.2, 0) is 12.8 Å². The highest BCUT2D eigenvalue weighted by atomic mass is 19.2. The Kier molecular flexibility index (Phi) is 7.03. The van der Waals surface area contributed by atoms with E-state index in [4.69, 9.17) is 4.74 Å². The number of halogens is 3. The van der Waals surface area contributed by atoms with Crippen LogP contribution in [0.1, 0.15) is 68.6 Å². The number of ether oxygens (including phenoxy) is 1. The number of aryl methyl sites for hydroxylation is 2. The Balaban J connectivity index is 1.54. The van der Waals surface area contributed by atoms with Gasteiger partial charge in [0.15, 0.2) is 11.6 Å². The summed E-state index contributed by atoms with van der Waals surface area (Å²) in [6.45, 7) is 4.32. The van der Waals surface area contributed by atoms with Crippen LogP contribution in [0, 0.1) is 23.4 Å². The minimum atomic E-state index is -0.891. The van der Waals surface area contributed by atoms with Gasteiger partial charge in [0.2, 0.25) is 5.82 Å². The zero-order chi connectivity index (χ0) is 20.1. The van der Waals surface area contributed by atoms with Gasteiger partial charge in [0.05, 0.1) is 6.61 Å². The zero-order valence-electron chi connectivity index (χ0n) is 16.7. The van der Waals surface area contributed by atoms with Crippen molar-refractivity contribution < 1.29 is 17.9 Å². The van der Waals surface area contributed by atoms with Gasteiger partial charge in [-0.05, 0) is 79.2 Å². The Labute approximate surface area is 165 Å². The molecule has 1 aliphatic carbocycles. The molecule has 1 fully saturated rings. The lowest BCUT2D eigenvalue weighted by molar-refractivity contribution is 0.192. The van der Waals surface area contributed by atoms with Crippen LogP contribution >= 0.6 is 0 Å². The maximum absolute atomic E-state index is 14.4. The summed E-state index contributed by atoms with van der Waals surface area (Å²) in [6, 6.07) is 8.71. The third kappa shape index (κ3) is 4.71. The third-order valence-electron chi connectivity index (χ3n) is 5.88. The molecule has 0 amide bonds. The molecule has 1 nitrogen and oxygen atoms in total. The van der Waals surface area contributed by atoms with Crippen LogP contribution in [-0.4, -0.2) is 6.61 Å². The van der Waals surface area contributed by atoms with E-state index in [1.54, 1.807) is 12.1 Å². The molecular weight excluding hydrogens is 361 g/mol. The molecule has 0 spiro atoms. The Bertz CT molecular complexity index is 795. The van der Waals surface area contributed by atoms with Crippen molar-refractivity contribution in [2.75, 3.05) is 6.61 Å². The standard InChI is InChI=1S/C24H29F3O/c1-3-5-19-11-13-22(24(27)23(19)26)28-15-17-6-9-18(10-7-17)20-12-8-16(4-2)14-21(20)25/h8,11-14,17-18H,3-7,9-10,15H2,1-2H3. The molecule has 0 N–H and O–H groups in total. The van der Waals surface area contributed by atoms with Crippen molar-refractivity contribution in [1.82, 2.24) is 0 Å². The third-order valence-corrected chi connectivity index (χ3v) is 5.88. The largest absolute Gasteiger partial charge is 0.490 e. The molecule has 1 aliphatic rings. The topological polar surface area (TPSA) is 9.23 Å². The summed E-state index contributed by atoms with van der Waals surface area (Å²) in [4.78, 5) is 0. The van der Waals surface area contributed by atoms with Gasteiger partial charge in [-0.3, -0.25) is 0 Å². The number of hydrogen-bond acceptors (Lipinski definition) is 1. The molecule has 0 atom stereocenters. The SMILES string of the molecule is CCCc1ccc(OCC2CCC(c3ccc(CC)cc3F)CC2)c(F)c1F. The lowest BCUT2D eigenvalue weighted by atomic mass is 9.78. The first-order valence-corrected chi connectivity index (χ1v) is 10.4. The highest BCUT2D eigenvalue weighted by Crippen LogP contribution is 2.37. The summed E-state index contributed by atoms with van der Waals surface area (Å²) in [5.74, 6) is -1.30. The molecule has 3 rings (SSSR count). The smallest absolute Gasteiger partial charge is 0.200 e. The van der Waals surface area contributed by atoms with Crippen LogP contribution in [0.15, 0.2) is 30.3 Å². The minimum absolute atomic E-state index is 0.0133. The van der Waals surface area contributed by atoms with Gasteiger partial charge in [-0.1, -0.05) is 38.5 Å². The monoisotopic (exact) mass is 390 g/mol. The molecule has 2 aromatic rings. The summed E-state index contributed by atoms with van der Waals surface area (Å²) in [7, 11) is 0. The van der Waals surface area contributed by atoms with E-state index < -0.39 is 11.6 Å². The van der Waals surface area contributed by atoms with Crippen molar-refractivity contribution in [3.63, 3.8) is 0 Å². The second-order valence-electron chi connectivity index (χ2n) is 7.84. The molecule has 0 aromatic heterocycles. The van der Waals surface area contributed by atoms with Crippen molar-refractivity contribution >= 4 is 0 Å². The number of benzene rings is 2. The average Bonchev–Trinajstić information content (AvgIpc) is 2.71. The molecule has 2 aromatic carbocycles. The normalized spacial score (nSPS) is 19.6. The van der Waals surface area contributed by atoms with Gasteiger partial charge in [0, 0.05) is 0 Å². The molecule has 1 saturated carbocycles. The summed E-state index contributed by atoms with van der Waals surface area (Å²) in [5, 5.41) is 0. The van der Waals surface area contributed by atoms with E-state index in [1.807, 2.05) is 26.0 Å². The van der Waals surface area contributed by atoms with Gasteiger partial charge < -0.3 is 4.74 Å². The summed E-state index contributed by atoms with van der Waals surface area (Å²) in [6.07, 6.45) is 5.70. The predicted octanol–water partition coefficient (Wildman–Crippen LogP) is 6.97. The lowest BCUT2D eigenvalue weighted by Gasteiger charge is -2.29. The second-order valence-corrected chi connectivity index (χ2v) is 7.84. The van der Waals surface area contributed by atoms with Gasteiger partial charge in [0.25, 0.3) is 0 Å². The lowest BCUT2D eigenvalue weighted by Crippen LogP contribution is -2.20. The Morgan fingerprint density at radius 2 is 1.68 bits per heavy atom. The van der Waals surface area contributed by atoms with Gasteiger partial charge in [-0.25, -0.2) is 8.78 Å². The van der Waals surface area contributed by atoms with Crippen LogP contribution in [0.3, 0.4) is 0 Å². The Hall–Kier alpha value is -1.97. The fourth-order valence-electron chi connectivity index (χ4n) is 4.12. The van der Waals surface area contributed by atoms with E-state index >= 15 is 0 Å². The van der Waals surface area contributed by atoms with Crippen LogP contribution < -0.4 is 4.74 Å². The van der Waals surface area contributed by atoms with E-state index in [0.717, 1.165) is 49.7 Å². The summed E-state index contributed by atoms with van der Waals surface area (Å²) in [5.41, 5.74) is 2.21. The average molecular weight is 390 g/mol. The molecule has 0 bridgehead atoms. The maximum Gasteiger partial charge on any atom is 0.200 e. The molecule has 0 unspecified atom stereocenters. The van der Waals surface area contributed by atoms with Crippen LogP contribution in [0.25, 0.3) is 0 Å². The molecule has 152 valence electrons. The fraction of sp³-hybridized carbons (Fsp3) is 0.500. The van der Waals surface area contributed by atoms with E-state index in [0.29, 0.717) is 18.6 Å². The van der Waals surface area contributed by atoms with Crippen molar-refractivity contribution in [2.45, 2.75) is 64.7 Å². The highest BCUT2D eigenvalue weighted by Gasteiger charge is 2.25. The second kappa shape index (κ2) is 9.49. The van der Waals surface area contributed by atoms with E-state index in [9.17, 15) is 13.2 Å². The molecule has 0 heterocycles. The Morgan fingerprint density at radius 1 is 0.929 bits per heavy atom. The van der Waals surface area contributed by atoms with Crippen molar-refractivity contribution in [2.24, 2.45) is 5.92 Å². The minimum Gasteiger partial charge on any atom is -0.490 e. The summed E-state index contributed by atoms with van der Waals surface area (Å²) >= 11 is 0. The number of hydrogen-bond donors (Lipinski definition) is 0. The van der Waals surface area contributed by atoms with Crippen LogP contribution in [0.4, 0.5) is 13.2 Å². The van der Waals surface area contributed by atoms with Crippen LogP contribution in [0.5, 0.6) is 5.75 Å². The molecule has 4 heteroatoms. The summed E-state index contributed by atoms with van der Waals surface area (Å²) < 4.78 is 48.2. The Morgan fingerprint density at radius 3 is 2.32 bits per heavy atom. The predicted molar refractivity (Wildman–Crippen MR) is 106 cm³/mol. The van der Waals surface area contributed by atoms with Crippen LogP contribution in [0.2, 0.25) is 0 Å². The van der Waals surface area contributed by atoms with Gasteiger partial charge >= 0.3 is 0 Å². The van der Waals surface area contributed by atoms with E-state index in [1.165, 1.54) is 6.07 Å². The van der Waals surface area contributed by atoms with Gasteiger partial charge in [0.1, 0.15) is 5.82 Å². The zero-order valence-corrected chi connectivity index (χ0v) is 16.7.